The van der Waals surface area contributed by atoms with E-state index in [0.717, 1.165) is 16.4 Å². The maximum Gasteiger partial charge on any atom is 0.321 e. The number of imide groups is 1. The van der Waals surface area contributed by atoms with E-state index in [-0.39, 0.29) is 32.1 Å². The lowest BCUT2D eigenvalue weighted by Gasteiger charge is -2.36. The number of benzene rings is 1. The van der Waals surface area contributed by atoms with E-state index in [1.54, 1.807) is 11.8 Å². The van der Waals surface area contributed by atoms with Crippen LogP contribution in [0.25, 0.3) is 0 Å². The van der Waals surface area contributed by atoms with Crippen molar-refractivity contribution in [1.82, 2.24) is 19.8 Å². The predicted molar refractivity (Wildman–Crippen MR) is 103 cm³/mol. The zero-order valence-electron chi connectivity index (χ0n) is 16.6. The first-order chi connectivity index (χ1) is 13.5. The number of urea groups is 1. The van der Waals surface area contributed by atoms with E-state index in [4.69, 9.17) is 0 Å². The number of nitrogens with zero attached hydrogens (tertiary/aromatic N) is 2. The molecule has 11 heteroatoms. The van der Waals surface area contributed by atoms with Crippen molar-refractivity contribution < 1.29 is 26.8 Å². The van der Waals surface area contributed by atoms with Crippen LogP contribution in [0.2, 0.25) is 0 Å². The van der Waals surface area contributed by atoms with Gasteiger partial charge in [0, 0.05) is 32.7 Å². The molecule has 0 aliphatic carbocycles. The van der Waals surface area contributed by atoms with Gasteiger partial charge in [0.1, 0.15) is 16.5 Å². The third kappa shape index (κ3) is 5.94. The second-order valence-corrected chi connectivity index (χ2v) is 9.19. The Labute approximate surface area is 169 Å². The first-order valence-electron chi connectivity index (χ1n) is 9.30. The molecule has 0 radical (unpaired) electrons. The summed E-state index contributed by atoms with van der Waals surface area (Å²) in [6.45, 7) is 6.33. The average Bonchev–Trinajstić information content (AvgIpc) is 2.67. The molecule has 1 fully saturated rings. The number of piperazine rings is 1. The van der Waals surface area contributed by atoms with Gasteiger partial charge in [0.25, 0.3) is 0 Å². The SMILES string of the molecule is CC(C)CNC(=O)NC(=O)C(C)N1CCN(S(=O)(=O)c2cc(F)ccc2F)CC1. The van der Waals surface area contributed by atoms with Crippen LogP contribution in [0.3, 0.4) is 0 Å². The molecule has 2 rings (SSSR count). The van der Waals surface area contributed by atoms with Crippen molar-refractivity contribution in [3.8, 4) is 0 Å². The minimum Gasteiger partial charge on any atom is -0.338 e. The molecule has 0 bridgehead atoms. The summed E-state index contributed by atoms with van der Waals surface area (Å²) >= 11 is 0. The standard InChI is InChI=1S/C18H26F2N4O4S/c1-12(2)11-21-18(26)22-17(25)13(3)23-6-8-24(9-7-23)29(27,28)16-10-14(19)4-5-15(16)20/h4-5,10,12-13H,6-9,11H2,1-3H3,(H2,21,22,25,26). The minimum atomic E-state index is -4.19. The van der Waals surface area contributed by atoms with E-state index >= 15 is 0 Å². The summed E-state index contributed by atoms with van der Waals surface area (Å²) in [7, 11) is -4.19. The molecule has 8 nitrogen and oxygen atoms in total. The van der Waals surface area contributed by atoms with Crippen LogP contribution in [0, 0.1) is 17.6 Å². The largest absolute Gasteiger partial charge is 0.338 e. The highest BCUT2D eigenvalue weighted by Gasteiger charge is 2.33. The summed E-state index contributed by atoms with van der Waals surface area (Å²) in [5, 5.41) is 4.84. The molecule has 1 aromatic rings. The fraction of sp³-hybridized carbons (Fsp3) is 0.556. The lowest BCUT2D eigenvalue weighted by molar-refractivity contribution is -0.125. The van der Waals surface area contributed by atoms with Crippen molar-refractivity contribution in [1.29, 1.82) is 0 Å². The molecule has 0 saturated carbocycles. The highest BCUT2D eigenvalue weighted by Crippen LogP contribution is 2.22. The zero-order chi connectivity index (χ0) is 21.8. The number of rotatable bonds is 6. The topological polar surface area (TPSA) is 98.8 Å². The van der Waals surface area contributed by atoms with Crippen molar-refractivity contribution in [2.24, 2.45) is 5.92 Å². The Morgan fingerprint density at radius 2 is 1.72 bits per heavy atom. The van der Waals surface area contributed by atoms with E-state index in [9.17, 15) is 26.8 Å². The van der Waals surface area contributed by atoms with Gasteiger partial charge in [-0.2, -0.15) is 4.31 Å². The number of amides is 3. The summed E-state index contributed by atoms with van der Waals surface area (Å²) < 4.78 is 53.5. The molecule has 1 unspecified atom stereocenters. The summed E-state index contributed by atoms with van der Waals surface area (Å²) in [5.74, 6) is -2.12. The van der Waals surface area contributed by atoms with Crippen LogP contribution < -0.4 is 10.6 Å². The van der Waals surface area contributed by atoms with Crippen LogP contribution in [0.1, 0.15) is 20.8 Å². The van der Waals surface area contributed by atoms with Crippen molar-refractivity contribution in [3.05, 3.63) is 29.8 Å². The van der Waals surface area contributed by atoms with Gasteiger partial charge in [-0.15, -0.1) is 0 Å². The van der Waals surface area contributed by atoms with E-state index in [0.29, 0.717) is 12.6 Å². The van der Waals surface area contributed by atoms with Gasteiger partial charge in [0.15, 0.2) is 0 Å². The Hall–Kier alpha value is -2.11. The van der Waals surface area contributed by atoms with Crippen LogP contribution in [0.5, 0.6) is 0 Å². The molecule has 162 valence electrons. The summed E-state index contributed by atoms with van der Waals surface area (Å²) in [4.78, 5) is 25.0. The maximum atomic E-state index is 13.9. The van der Waals surface area contributed by atoms with Gasteiger partial charge in [-0.3, -0.25) is 15.0 Å². The highest BCUT2D eigenvalue weighted by atomic mass is 32.2. The Kier molecular flexibility index (Phi) is 7.66. The summed E-state index contributed by atoms with van der Waals surface area (Å²) in [6.07, 6.45) is 0. The van der Waals surface area contributed by atoms with Gasteiger partial charge in [0.05, 0.1) is 6.04 Å². The molecule has 0 aromatic heterocycles. The Morgan fingerprint density at radius 1 is 1.10 bits per heavy atom. The monoisotopic (exact) mass is 432 g/mol. The fourth-order valence-corrected chi connectivity index (χ4v) is 4.37. The van der Waals surface area contributed by atoms with Gasteiger partial charge < -0.3 is 5.32 Å². The van der Waals surface area contributed by atoms with Crippen LogP contribution in [0.15, 0.2) is 23.1 Å². The van der Waals surface area contributed by atoms with Crippen LogP contribution in [0.4, 0.5) is 13.6 Å². The number of sulfonamides is 1. The number of carbonyl (C=O) groups excluding carboxylic acids is 2. The maximum absolute atomic E-state index is 13.9. The van der Waals surface area contributed by atoms with E-state index < -0.39 is 44.5 Å². The fourth-order valence-electron chi connectivity index (χ4n) is 2.87. The van der Waals surface area contributed by atoms with E-state index in [1.807, 2.05) is 13.8 Å². The van der Waals surface area contributed by atoms with Gasteiger partial charge >= 0.3 is 6.03 Å². The van der Waals surface area contributed by atoms with E-state index in [2.05, 4.69) is 10.6 Å². The molecule has 3 amide bonds. The molecule has 1 saturated heterocycles. The second kappa shape index (κ2) is 9.59. The number of nitrogens with one attached hydrogen (secondary N) is 2. The molecule has 1 atom stereocenters. The third-order valence-electron chi connectivity index (χ3n) is 4.62. The highest BCUT2D eigenvalue weighted by molar-refractivity contribution is 7.89. The van der Waals surface area contributed by atoms with Crippen LogP contribution >= 0.6 is 0 Å². The van der Waals surface area contributed by atoms with Crippen molar-refractivity contribution in [2.75, 3.05) is 32.7 Å². The molecule has 1 aliphatic heterocycles. The average molecular weight is 432 g/mol. The molecule has 2 N–H and O–H groups in total. The predicted octanol–water partition coefficient (Wildman–Crippen LogP) is 1.14. The first-order valence-corrected chi connectivity index (χ1v) is 10.7. The van der Waals surface area contributed by atoms with E-state index in [1.165, 1.54) is 0 Å². The molecule has 0 spiro atoms. The summed E-state index contributed by atoms with van der Waals surface area (Å²) in [6, 6.07) is 1.04. The number of hydrogen-bond acceptors (Lipinski definition) is 5. The number of hydrogen-bond donors (Lipinski definition) is 2. The normalized spacial score (nSPS) is 17.2. The van der Waals surface area contributed by atoms with Crippen LogP contribution in [-0.4, -0.2) is 68.3 Å². The molecular weight excluding hydrogens is 406 g/mol. The number of halogens is 2. The molecule has 1 heterocycles. The second-order valence-electron chi connectivity index (χ2n) is 7.28. The third-order valence-corrected chi connectivity index (χ3v) is 6.53. The lowest BCUT2D eigenvalue weighted by Crippen LogP contribution is -2.56. The Bertz CT molecular complexity index is 855. The first kappa shape index (κ1) is 23.2. The summed E-state index contributed by atoms with van der Waals surface area (Å²) in [5.41, 5.74) is 0. The number of carbonyl (C=O) groups is 2. The molecular formula is C18H26F2N4O4S. The minimum absolute atomic E-state index is 0.00938. The molecule has 29 heavy (non-hydrogen) atoms. The van der Waals surface area contributed by atoms with Crippen molar-refractivity contribution in [2.45, 2.75) is 31.7 Å². The van der Waals surface area contributed by atoms with Gasteiger partial charge in [0.2, 0.25) is 15.9 Å². The lowest BCUT2D eigenvalue weighted by atomic mass is 10.2. The molecule has 1 aromatic carbocycles. The van der Waals surface area contributed by atoms with Crippen molar-refractivity contribution in [3.63, 3.8) is 0 Å². The van der Waals surface area contributed by atoms with Crippen LogP contribution in [-0.2, 0) is 14.8 Å². The van der Waals surface area contributed by atoms with Gasteiger partial charge in [-0.05, 0) is 31.0 Å². The van der Waals surface area contributed by atoms with Gasteiger partial charge in [-0.25, -0.2) is 22.0 Å². The van der Waals surface area contributed by atoms with Crippen molar-refractivity contribution >= 4 is 22.0 Å². The molecule has 1 aliphatic rings. The quantitative estimate of drug-likeness (QED) is 0.703. The van der Waals surface area contributed by atoms with Gasteiger partial charge in [-0.1, -0.05) is 13.8 Å². The zero-order valence-corrected chi connectivity index (χ0v) is 17.4. The Balaban J connectivity index is 1.95. The smallest absolute Gasteiger partial charge is 0.321 e. The Morgan fingerprint density at radius 3 is 2.31 bits per heavy atom.